The van der Waals surface area contributed by atoms with Crippen molar-refractivity contribution in [3.8, 4) is 0 Å². The standard InChI is InChI=1S/C19H29N7S/c1-2-20-19(21-14-17-24-23-16-6-3-4-10-26(16)17)22-15-8-11-25(12-9-15)18-7-5-13-27-18/h5,7,13,15H,2-4,6,8-12,14H2,1H3,(H2,20,21,22). The van der Waals surface area contributed by atoms with Gasteiger partial charge < -0.3 is 20.1 Å². The van der Waals surface area contributed by atoms with Gasteiger partial charge in [-0.3, -0.25) is 0 Å². The van der Waals surface area contributed by atoms with Crippen molar-refractivity contribution >= 4 is 22.3 Å². The van der Waals surface area contributed by atoms with Crippen molar-refractivity contribution in [3.05, 3.63) is 29.2 Å². The van der Waals surface area contributed by atoms with Crippen molar-refractivity contribution in [3.63, 3.8) is 0 Å². The minimum Gasteiger partial charge on any atom is -0.363 e. The van der Waals surface area contributed by atoms with Gasteiger partial charge in [0, 0.05) is 38.6 Å². The predicted octanol–water partition coefficient (Wildman–Crippen LogP) is 2.40. The van der Waals surface area contributed by atoms with Crippen LogP contribution in [-0.2, 0) is 19.5 Å². The van der Waals surface area contributed by atoms with Crippen LogP contribution in [0.3, 0.4) is 0 Å². The van der Waals surface area contributed by atoms with Crippen LogP contribution in [0.5, 0.6) is 0 Å². The molecule has 0 unspecified atom stereocenters. The lowest BCUT2D eigenvalue weighted by molar-refractivity contribution is 0.462. The number of rotatable bonds is 5. The van der Waals surface area contributed by atoms with Gasteiger partial charge in [-0.2, -0.15) is 0 Å². The number of piperidine rings is 1. The highest BCUT2D eigenvalue weighted by Crippen LogP contribution is 2.24. The van der Waals surface area contributed by atoms with Crippen molar-refractivity contribution in [2.75, 3.05) is 24.5 Å². The Labute approximate surface area is 164 Å². The molecule has 0 radical (unpaired) electrons. The molecule has 2 aromatic heterocycles. The Morgan fingerprint density at radius 2 is 2.15 bits per heavy atom. The van der Waals surface area contributed by atoms with Crippen molar-refractivity contribution in [2.45, 2.75) is 58.2 Å². The number of hydrogen-bond acceptors (Lipinski definition) is 5. The summed E-state index contributed by atoms with van der Waals surface area (Å²) in [5, 5.41) is 19.2. The third-order valence-electron chi connectivity index (χ3n) is 5.31. The zero-order valence-corrected chi connectivity index (χ0v) is 16.8. The molecule has 0 bridgehead atoms. The zero-order chi connectivity index (χ0) is 18.5. The Morgan fingerprint density at radius 3 is 2.93 bits per heavy atom. The maximum atomic E-state index is 4.79. The molecule has 27 heavy (non-hydrogen) atoms. The van der Waals surface area contributed by atoms with E-state index in [4.69, 9.17) is 4.99 Å². The molecule has 4 rings (SSSR count). The van der Waals surface area contributed by atoms with Crippen LogP contribution in [0, 0.1) is 0 Å². The van der Waals surface area contributed by atoms with Crippen LogP contribution in [0.1, 0.15) is 44.3 Å². The number of guanidine groups is 1. The molecule has 0 aromatic carbocycles. The summed E-state index contributed by atoms with van der Waals surface area (Å²) >= 11 is 1.82. The van der Waals surface area contributed by atoms with Gasteiger partial charge in [0.1, 0.15) is 12.4 Å². The molecule has 2 aliphatic heterocycles. The molecule has 0 spiro atoms. The quantitative estimate of drug-likeness (QED) is 0.609. The molecule has 2 aromatic rings. The maximum absolute atomic E-state index is 4.79. The fraction of sp³-hybridized carbons (Fsp3) is 0.632. The number of hydrogen-bond donors (Lipinski definition) is 2. The number of nitrogens with zero attached hydrogens (tertiary/aromatic N) is 5. The van der Waals surface area contributed by atoms with E-state index in [-0.39, 0.29) is 0 Å². The van der Waals surface area contributed by atoms with Gasteiger partial charge >= 0.3 is 0 Å². The van der Waals surface area contributed by atoms with Gasteiger partial charge in [0.2, 0.25) is 0 Å². The minimum atomic E-state index is 0.464. The summed E-state index contributed by atoms with van der Waals surface area (Å²) in [4.78, 5) is 7.27. The van der Waals surface area contributed by atoms with Crippen LogP contribution < -0.4 is 15.5 Å². The molecule has 1 saturated heterocycles. The summed E-state index contributed by atoms with van der Waals surface area (Å²) in [6.45, 7) is 6.76. The van der Waals surface area contributed by atoms with E-state index in [0.717, 1.165) is 63.0 Å². The second-order valence-electron chi connectivity index (χ2n) is 7.19. The molecule has 0 amide bonds. The van der Waals surface area contributed by atoms with Crippen LogP contribution in [0.15, 0.2) is 22.5 Å². The summed E-state index contributed by atoms with van der Waals surface area (Å²) in [6.07, 6.45) is 5.72. The van der Waals surface area contributed by atoms with Crippen molar-refractivity contribution < 1.29 is 0 Å². The Balaban J connectivity index is 1.34. The molecule has 1 fully saturated rings. The zero-order valence-electron chi connectivity index (χ0n) is 16.0. The Morgan fingerprint density at radius 1 is 1.26 bits per heavy atom. The average Bonchev–Trinajstić information content (AvgIpc) is 3.37. The Kier molecular flexibility index (Phi) is 5.91. The first-order valence-electron chi connectivity index (χ1n) is 10.1. The lowest BCUT2D eigenvalue weighted by Crippen LogP contribution is -2.48. The molecule has 7 nitrogen and oxygen atoms in total. The second-order valence-corrected chi connectivity index (χ2v) is 8.12. The number of thiophene rings is 1. The van der Waals surface area contributed by atoms with Gasteiger partial charge in [-0.05, 0) is 50.1 Å². The largest absolute Gasteiger partial charge is 0.363 e. The first-order valence-corrected chi connectivity index (χ1v) is 11.0. The highest BCUT2D eigenvalue weighted by Gasteiger charge is 2.21. The molecular weight excluding hydrogens is 358 g/mol. The Bertz CT molecular complexity index is 744. The van der Waals surface area contributed by atoms with Gasteiger partial charge in [0.25, 0.3) is 0 Å². The fourth-order valence-electron chi connectivity index (χ4n) is 3.84. The average molecular weight is 388 g/mol. The Hall–Kier alpha value is -2.09. The monoisotopic (exact) mass is 387 g/mol. The molecule has 0 aliphatic carbocycles. The third kappa shape index (κ3) is 4.43. The van der Waals surface area contributed by atoms with Crippen molar-refractivity contribution in [1.82, 2.24) is 25.4 Å². The molecule has 2 N–H and O–H groups in total. The van der Waals surface area contributed by atoms with E-state index in [1.54, 1.807) is 0 Å². The number of nitrogens with one attached hydrogen (secondary N) is 2. The van der Waals surface area contributed by atoms with Crippen LogP contribution in [0.2, 0.25) is 0 Å². The van der Waals surface area contributed by atoms with Gasteiger partial charge in [0.05, 0.1) is 5.00 Å². The summed E-state index contributed by atoms with van der Waals surface area (Å²) in [5.41, 5.74) is 0. The van der Waals surface area contributed by atoms with E-state index in [0.29, 0.717) is 12.6 Å². The van der Waals surface area contributed by atoms with E-state index in [2.05, 4.69) is 54.7 Å². The molecule has 2 aliphatic rings. The molecule has 146 valence electrons. The lowest BCUT2D eigenvalue weighted by Gasteiger charge is -2.33. The van der Waals surface area contributed by atoms with Crippen LogP contribution in [-0.4, -0.2) is 46.4 Å². The first-order chi connectivity index (χ1) is 13.3. The van der Waals surface area contributed by atoms with E-state index >= 15 is 0 Å². The van der Waals surface area contributed by atoms with Crippen LogP contribution >= 0.6 is 11.3 Å². The maximum Gasteiger partial charge on any atom is 0.191 e. The number of anilines is 1. The van der Waals surface area contributed by atoms with E-state index < -0.39 is 0 Å². The van der Waals surface area contributed by atoms with Gasteiger partial charge in [0.15, 0.2) is 11.8 Å². The van der Waals surface area contributed by atoms with Gasteiger partial charge in [-0.1, -0.05) is 0 Å². The van der Waals surface area contributed by atoms with Gasteiger partial charge in [-0.15, -0.1) is 21.5 Å². The number of aryl methyl sites for hydroxylation is 1. The summed E-state index contributed by atoms with van der Waals surface area (Å²) in [6, 6.07) is 4.80. The van der Waals surface area contributed by atoms with E-state index in [9.17, 15) is 0 Å². The molecule has 0 atom stereocenters. The normalized spacial score (nSPS) is 18.4. The highest BCUT2D eigenvalue weighted by molar-refractivity contribution is 7.14. The number of fused-ring (bicyclic) bond motifs is 1. The lowest BCUT2D eigenvalue weighted by atomic mass is 10.1. The molecule has 8 heteroatoms. The first kappa shape index (κ1) is 18.3. The van der Waals surface area contributed by atoms with E-state index in [1.807, 2.05) is 11.3 Å². The topological polar surface area (TPSA) is 70.4 Å². The molecule has 4 heterocycles. The van der Waals surface area contributed by atoms with Crippen LogP contribution in [0.4, 0.5) is 5.00 Å². The van der Waals surface area contributed by atoms with Gasteiger partial charge in [-0.25, -0.2) is 4.99 Å². The summed E-state index contributed by atoms with van der Waals surface area (Å²) in [7, 11) is 0. The smallest absolute Gasteiger partial charge is 0.191 e. The van der Waals surface area contributed by atoms with Crippen LogP contribution in [0.25, 0.3) is 0 Å². The molecular formula is C19H29N7S. The fourth-order valence-corrected chi connectivity index (χ4v) is 4.63. The molecule has 0 saturated carbocycles. The summed E-state index contributed by atoms with van der Waals surface area (Å²) < 4.78 is 2.25. The predicted molar refractivity (Wildman–Crippen MR) is 110 cm³/mol. The number of aromatic nitrogens is 3. The van der Waals surface area contributed by atoms with Crippen molar-refractivity contribution in [2.24, 2.45) is 4.99 Å². The number of aliphatic imine (C=N–C) groups is 1. The minimum absolute atomic E-state index is 0.464. The highest BCUT2D eigenvalue weighted by atomic mass is 32.1. The third-order valence-corrected chi connectivity index (χ3v) is 6.24. The SMILES string of the molecule is CCNC(=NCc1nnc2n1CCCC2)NC1CCN(c2cccs2)CC1. The van der Waals surface area contributed by atoms with E-state index in [1.165, 1.54) is 17.8 Å². The summed E-state index contributed by atoms with van der Waals surface area (Å²) in [5.74, 6) is 2.99. The second kappa shape index (κ2) is 8.73. The van der Waals surface area contributed by atoms with Crippen molar-refractivity contribution in [1.29, 1.82) is 0 Å².